The maximum atomic E-state index is 11.6. The molecule has 1 heterocycles. The van der Waals surface area contributed by atoms with E-state index in [2.05, 4.69) is 27.7 Å². The average molecular weight is 199 g/mol. The van der Waals surface area contributed by atoms with E-state index in [9.17, 15) is 4.79 Å². The van der Waals surface area contributed by atoms with Crippen molar-refractivity contribution in [3.05, 3.63) is 0 Å². The van der Waals surface area contributed by atoms with Crippen LogP contribution in [0.2, 0.25) is 0 Å². The van der Waals surface area contributed by atoms with Gasteiger partial charge in [0.05, 0.1) is 5.60 Å². The average Bonchev–Trinajstić information content (AvgIpc) is 2.08. The molecule has 1 amide bonds. The van der Waals surface area contributed by atoms with E-state index < -0.39 is 0 Å². The molecule has 1 fully saturated rings. The first-order valence-corrected chi connectivity index (χ1v) is 5.24. The Hall–Kier alpha value is -0.570. The van der Waals surface area contributed by atoms with E-state index in [1.165, 1.54) is 5.06 Å². The number of hydroxylamine groups is 2. The molecule has 0 saturated carbocycles. The smallest absolute Gasteiger partial charge is 0.246 e. The van der Waals surface area contributed by atoms with Crippen molar-refractivity contribution in [1.82, 2.24) is 5.06 Å². The van der Waals surface area contributed by atoms with Crippen molar-refractivity contribution in [1.29, 1.82) is 0 Å². The summed E-state index contributed by atoms with van der Waals surface area (Å²) >= 11 is 0. The summed E-state index contributed by atoms with van der Waals surface area (Å²) < 4.78 is 0. The summed E-state index contributed by atoms with van der Waals surface area (Å²) in [6.45, 7) is 8.42. The minimum absolute atomic E-state index is 0.0343. The van der Waals surface area contributed by atoms with Gasteiger partial charge in [-0.05, 0) is 25.2 Å². The third-order valence-electron chi connectivity index (χ3n) is 2.94. The molecule has 0 aliphatic carbocycles. The molecule has 3 nitrogen and oxygen atoms in total. The third kappa shape index (κ3) is 2.47. The Morgan fingerprint density at radius 2 is 2.00 bits per heavy atom. The molecule has 1 atom stereocenters. The summed E-state index contributed by atoms with van der Waals surface area (Å²) in [5.74, 6) is 0.0761. The Labute approximate surface area is 86.4 Å². The number of nitrogens with zero attached hydrogens (tertiary/aromatic N) is 1. The standard InChI is InChI=1S/C11H21NO2/c1-6-11(4)8-10(2,3)7-9(13)12(5)14-11/h6-8H2,1-5H3. The first kappa shape index (κ1) is 11.5. The SMILES string of the molecule is CCC1(C)CC(C)(C)CC(=O)N(C)O1. The van der Waals surface area contributed by atoms with Crippen LogP contribution >= 0.6 is 0 Å². The summed E-state index contributed by atoms with van der Waals surface area (Å²) in [5, 5.41) is 1.40. The zero-order chi connectivity index (χ0) is 11.0. The molecule has 1 saturated heterocycles. The molecule has 1 aliphatic rings. The molecular formula is C11H21NO2. The van der Waals surface area contributed by atoms with Crippen LogP contribution in [0.15, 0.2) is 0 Å². The van der Waals surface area contributed by atoms with Crippen LogP contribution in [0.5, 0.6) is 0 Å². The number of amides is 1. The van der Waals surface area contributed by atoms with E-state index in [0.717, 1.165) is 12.8 Å². The lowest BCUT2D eigenvalue weighted by molar-refractivity contribution is -0.223. The van der Waals surface area contributed by atoms with Gasteiger partial charge >= 0.3 is 0 Å². The van der Waals surface area contributed by atoms with E-state index in [-0.39, 0.29) is 16.9 Å². The Bertz CT molecular complexity index is 237. The maximum Gasteiger partial charge on any atom is 0.246 e. The van der Waals surface area contributed by atoms with Crippen molar-refractivity contribution in [3.8, 4) is 0 Å². The summed E-state index contributed by atoms with van der Waals surface area (Å²) in [6.07, 6.45) is 2.42. The van der Waals surface area contributed by atoms with Crippen LogP contribution in [0.3, 0.4) is 0 Å². The van der Waals surface area contributed by atoms with Crippen LogP contribution in [-0.4, -0.2) is 23.6 Å². The van der Waals surface area contributed by atoms with Crippen molar-refractivity contribution in [2.75, 3.05) is 7.05 Å². The van der Waals surface area contributed by atoms with Crippen molar-refractivity contribution in [3.63, 3.8) is 0 Å². The predicted octanol–water partition coefficient (Wildman–Crippen LogP) is 2.37. The second-order valence-corrected chi connectivity index (χ2v) is 5.30. The maximum absolute atomic E-state index is 11.6. The van der Waals surface area contributed by atoms with Crippen LogP contribution in [0, 0.1) is 5.41 Å². The Balaban J connectivity index is 2.90. The van der Waals surface area contributed by atoms with Crippen molar-refractivity contribution >= 4 is 5.91 Å². The zero-order valence-electron chi connectivity index (χ0n) is 9.89. The van der Waals surface area contributed by atoms with Crippen LogP contribution < -0.4 is 0 Å². The predicted molar refractivity (Wildman–Crippen MR) is 55.6 cm³/mol. The summed E-state index contributed by atoms with van der Waals surface area (Å²) in [5.41, 5.74) is -0.170. The normalized spacial score (nSPS) is 32.9. The van der Waals surface area contributed by atoms with E-state index >= 15 is 0 Å². The van der Waals surface area contributed by atoms with Crippen LogP contribution in [0.25, 0.3) is 0 Å². The van der Waals surface area contributed by atoms with Crippen LogP contribution in [-0.2, 0) is 9.63 Å². The molecule has 82 valence electrons. The van der Waals surface area contributed by atoms with E-state index in [0.29, 0.717) is 6.42 Å². The summed E-state index contributed by atoms with van der Waals surface area (Å²) in [4.78, 5) is 17.3. The second-order valence-electron chi connectivity index (χ2n) is 5.30. The van der Waals surface area contributed by atoms with Gasteiger partial charge < -0.3 is 0 Å². The molecule has 0 aromatic carbocycles. The molecule has 1 rings (SSSR count). The molecule has 0 N–H and O–H groups in total. The number of hydrogen-bond acceptors (Lipinski definition) is 2. The Kier molecular flexibility index (Phi) is 2.91. The van der Waals surface area contributed by atoms with Crippen LogP contribution in [0.1, 0.15) is 47.0 Å². The summed E-state index contributed by atoms with van der Waals surface area (Å²) in [7, 11) is 1.71. The van der Waals surface area contributed by atoms with Gasteiger partial charge in [0.15, 0.2) is 0 Å². The third-order valence-corrected chi connectivity index (χ3v) is 2.94. The minimum Gasteiger partial charge on any atom is -0.273 e. The number of carbonyl (C=O) groups is 1. The highest BCUT2D eigenvalue weighted by molar-refractivity contribution is 5.75. The minimum atomic E-state index is -0.204. The lowest BCUT2D eigenvalue weighted by Crippen LogP contribution is -2.36. The fraction of sp³-hybridized carbons (Fsp3) is 0.909. The van der Waals surface area contributed by atoms with Gasteiger partial charge in [0.2, 0.25) is 5.91 Å². The lowest BCUT2D eigenvalue weighted by Gasteiger charge is -2.33. The fourth-order valence-electron chi connectivity index (χ4n) is 2.20. The number of carbonyl (C=O) groups excluding carboxylic acids is 1. The summed E-state index contributed by atoms with van der Waals surface area (Å²) in [6, 6.07) is 0. The molecule has 14 heavy (non-hydrogen) atoms. The first-order valence-electron chi connectivity index (χ1n) is 5.24. The highest BCUT2D eigenvalue weighted by Gasteiger charge is 2.39. The topological polar surface area (TPSA) is 29.5 Å². The lowest BCUT2D eigenvalue weighted by atomic mass is 9.78. The van der Waals surface area contributed by atoms with Crippen LogP contribution in [0.4, 0.5) is 0 Å². The van der Waals surface area contributed by atoms with E-state index in [4.69, 9.17) is 4.84 Å². The molecular weight excluding hydrogens is 178 g/mol. The van der Waals surface area contributed by atoms with E-state index in [1.807, 2.05) is 0 Å². The van der Waals surface area contributed by atoms with E-state index in [1.54, 1.807) is 7.05 Å². The van der Waals surface area contributed by atoms with Gasteiger partial charge in [0.25, 0.3) is 0 Å². The molecule has 0 radical (unpaired) electrons. The van der Waals surface area contributed by atoms with Gasteiger partial charge in [-0.2, -0.15) is 0 Å². The molecule has 0 aromatic rings. The number of rotatable bonds is 1. The number of hydrogen-bond donors (Lipinski definition) is 0. The highest BCUT2D eigenvalue weighted by Crippen LogP contribution is 2.38. The van der Waals surface area contributed by atoms with Gasteiger partial charge in [0.1, 0.15) is 0 Å². The monoisotopic (exact) mass is 199 g/mol. The molecule has 1 unspecified atom stereocenters. The van der Waals surface area contributed by atoms with Gasteiger partial charge in [-0.25, -0.2) is 5.06 Å². The second kappa shape index (κ2) is 3.54. The Morgan fingerprint density at radius 3 is 2.50 bits per heavy atom. The van der Waals surface area contributed by atoms with Crippen molar-refractivity contribution in [2.45, 2.75) is 52.6 Å². The molecule has 0 aromatic heterocycles. The van der Waals surface area contributed by atoms with Gasteiger partial charge in [-0.1, -0.05) is 20.8 Å². The van der Waals surface area contributed by atoms with Gasteiger partial charge in [0, 0.05) is 13.5 Å². The fourth-order valence-corrected chi connectivity index (χ4v) is 2.20. The highest BCUT2D eigenvalue weighted by atomic mass is 16.7. The largest absolute Gasteiger partial charge is 0.273 e. The van der Waals surface area contributed by atoms with Gasteiger partial charge in [-0.3, -0.25) is 9.63 Å². The molecule has 0 bridgehead atoms. The van der Waals surface area contributed by atoms with Crippen molar-refractivity contribution < 1.29 is 9.63 Å². The molecule has 0 spiro atoms. The molecule has 3 heteroatoms. The van der Waals surface area contributed by atoms with Gasteiger partial charge in [-0.15, -0.1) is 0 Å². The Morgan fingerprint density at radius 1 is 1.43 bits per heavy atom. The van der Waals surface area contributed by atoms with Crippen molar-refractivity contribution in [2.24, 2.45) is 5.41 Å². The quantitative estimate of drug-likeness (QED) is 0.649. The zero-order valence-corrected chi connectivity index (χ0v) is 9.89. The molecule has 1 aliphatic heterocycles. The first-order chi connectivity index (χ1) is 6.28.